The monoisotopic (exact) mass is 488 g/mol. The highest BCUT2D eigenvalue weighted by Gasteiger charge is 2.45. The molecule has 1 aromatic carbocycles. The first-order valence-electron chi connectivity index (χ1n) is 10.4. The molecule has 2 heterocycles. The molecule has 174 valence electrons. The van der Waals surface area contributed by atoms with Gasteiger partial charge in [-0.1, -0.05) is 18.9 Å². The van der Waals surface area contributed by atoms with E-state index >= 15 is 0 Å². The number of fused-ring (bicyclic) bond motifs is 1. The lowest BCUT2D eigenvalue weighted by molar-refractivity contribution is 0.116. The minimum atomic E-state index is -3.92. The van der Waals surface area contributed by atoms with Crippen LogP contribution in [0.25, 0.3) is 11.5 Å². The Labute approximate surface area is 184 Å². The summed E-state index contributed by atoms with van der Waals surface area (Å²) in [4.78, 5) is 0.0428. The predicted octanol–water partition coefficient (Wildman–Crippen LogP) is 2.57. The van der Waals surface area contributed by atoms with Crippen molar-refractivity contribution < 1.29 is 30.0 Å². The quantitative estimate of drug-likeness (QED) is 0.663. The Balaban J connectivity index is 1.43. The van der Waals surface area contributed by atoms with E-state index in [1.165, 1.54) is 10.4 Å². The normalized spacial score (nSPS) is 25.8. The molecular formula is C19H22F2N4O5S2. The Morgan fingerprint density at radius 2 is 1.88 bits per heavy atom. The summed E-state index contributed by atoms with van der Waals surface area (Å²) in [6, 6.07) is 3.52. The summed E-state index contributed by atoms with van der Waals surface area (Å²) >= 11 is 0. The van der Waals surface area contributed by atoms with Crippen molar-refractivity contribution in [2.45, 2.75) is 73.7 Å². The van der Waals surface area contributed by atoms with Gasteiger partial charge in [0, 0.05) is 24.2 Å². The smallest absolute Gasteiger partial charge is 0.314 e. The van der Waals surface area contributed by atoms with E-state index < -0.39 is 44.4 Å². The van der Waals surface area contributed by atoms with Crippen molar-refractivity contribution in [1.29, 1.82) is 0 Å². The molecule has 0 saturated heterocycles. The van der Waals surface area contributed by atoms with E-state index in [2.05, 4.69) is 14.9 Å². The fourth-order valence-corrected chi connectivity index (χ4v) is 8.01. The lowest BCUT2D eigenvalue weighted by atomic mass is 9.91. The third-order valence-corrected chi connectivity index (χ3v) is 10.2. The maximum Gasteiger partial charge on any atom is 0.314 e. The number of sulfonamides is 2. The van der Waals surface area contributed by atoms with Crippen molar-refractivity contribution in [1.82, 2.24) is 19.2 Å². The van der Waals surface area contributed by atoms with E-state index in [0.717, 1.165) is 12.8 Å². The molecule has 0 radical (unpaired) electrons. The van der Waals surface area contributed by atoms with Crippen molar-refractivity contribution in [3.05, 3.63) is 29.7 Å². The second-order valence-corrected chi connectivity index (χ2v) is 12.3. The van der Waals surface area contributed by atoms with E-state index in [-0.39, 0.29) is 28.1 Å². The standard InChI is InChI=1S/C19H22F2N4O5S2/c20-17(21)19-23-22-18(30-19)11-5-6-12-10-25(32(28,29)16(12)9-11)15-4-2-1-3-14(15)24-31(26,27)13-7-8-13/h5-6,9,13-15,17,24H,1-4,7-8,10H2/t14-,15-/m1/s1. The maximum atomic E-state index is 13.4. The fraction of sp³-hybridized carbons (Fsp3) is 0.579. The highest BCUT2D eigenvalue weighted by Crippen LogP contribution is 2.39. The van der Waals surface area contributed by atoms with Gasteiger partial charge in [0.15, 0.2) is 0 Å². The van der Waals surface area contributed by atoms with Crippen LogP contribution < -0.4 is 4.72 Å². The summed E-state index contributed by atoms with van der Waals surface area (Å²) in [5, 5.41) is 6.48. The summed E-state index contributed by atoms with van der Waals surface area (Å²) in [5.41, 5.74) is 0.778. The zero-order valence-corrected chi connectivity index (χ0v) is 18.6. The fourth-order valence-electron chi connectivity index (χ4n) is 4.45. The largest absolute Gasteiger partial charge is 0.415 e. The molecule has 2 fully saturated rings. The number of alkyl halides is 2. The van der Waals surface area contributed by atoms with E-state index in [1.807, 2.05) is 0 Å². The van der Waals surface area contributed by atoms with E-state index in [1.54, 1.807) is 12.1 Å². The number of nitrogens with zero attached hydrogens (tertiary/aromatic N) is 3. The van der Waals surface area contributed by atoms with Crippen molar-refractivity contribution in [3.63, 3.8) is 0 Å². The predicted molar refractivity (Wildman–Crippen MR) is 109 cm³/mol. The average Bonchev–Trinajstić information content (AvgIpc) is 3.44. The van der Waals surface area contributed by atoms with Crippen molar-refractivity contribution in [3.8, 4) is 11.5 Å². The minimum Gasteiger partial charge on any atom is -0.415 e. The SMILES string of the molecule is O=S(=O)(N[C@@H]1CCCC[C@H]1N1Cc2ccc(-c3nnc(C(F)F)o3)cc2S1(=O)=O)C1CC1. The highest BCUT2D eigenvalue weighted by atomic mass is 32.2. The second kappa shape index (κ2) is 7.82. The lowest BCUT2D eigenvalue weighted by Gasteiger charge is -2.37. The topological polar surface area (TPSA) is 122 Å². The van der Waals surface area contributed by atoms with E-state index in [4.69, 9.17) is 4.42 Å². The summed E-state index contributed by atoms with van der Waals surface area (Å²) in [6.07, 6.45) is 1.09. The van der Waals surface area contributed by atoms with Crippen LogP contribution in [-0.4, -0.2) is 48.7 Å². The first-order valence-corrected chi connectivity index (χ1v) is 13.4. The van der Waals surface area contributed by atoms with Crippen LogP contribution in [-0.2, 0) is 26.6 Å². The van der Waals surface area contributed by atoms with Crippen LogP contribution in [0.1, 0.15) is 56.4 Å². The van der Waals surface area contributed by atoms with Crippen LogP contribution in [0.3, 0.4) is 0 Å². The van der Waals surface area contributed by atoms with Crippen molar-refractivity contribution >= 4 is 20.0 Å². The second-order valence-electron chi connectivity index (χ2n) is 8.44. The Bertz CT molecular complexity index is 1240. The first kappa shape index (κ1) is 21.9. The number of rotatable bonds is 6. The van der Waals surface area contributed by atoms with Crippen LogP contribution in [0, 0.1) is 0 Å². The minimum absolute atomic E-state index is 0.0428. The van der Waals surface area contributed by atoms with Crippen LogP contribution in [0.2, 0.25) is 0 Å². The molecule has 1 N–H and O–H groups in total. The molecule has 1 aromatic heterocycles. The van der Waals surface area contributed by atoms with Crippen molar-refractivity contribution in [2.24, 2.45) is 0 Å². The zero-order valence-electron chi connectivity index (χ0n) is 16.9. The van der Waals surface area contributed by atoms with Gasteiger partial charge in [-0.2, -0.15) is 13.1 Å². The molecule has 2 atom stereocenters. The number of hydrogen-bond donors (Lipinski definition) is 1. The molecule has 3 aliphatic rings. The Kier molecular flexibility index (Phi) is 5.34. The molecular weight excluding hydrogens is 466 g/mol. The molecule has 0 spiro atoms. The van der Waals surface area contributed by atoms with Crippen LogP contribution in [0.15, 0.2) is 27.5 Å². The van der Waals surface area contributed by atoms with E-state index in [9.17, 15) is 25.6 Å². The number of benzene rings is 1. The number of hydrogen-bond acceptors (Lipinski definition) is 7. The van der Waals surface area contributed by atoms with Gasteiger partial charge < -0.3 is 4.42 Å². The molecule has 0 unspecified atom stereocenters. The molecule has 0 bridgehead atoms. The van der Waals surface area contributed by atoms with Gasteiger partial charge in [-0.05, 0) is 43.4 Å². The summed E-state index contributed by atoms with van der Waals surface area (Å²) in [5.74, 6) is -1.03. The zero-order chi connectivity index (χ0) is 22.7. The van der Waals surface area contributed by atoms with Gasteiger partial charge in [0.25, 0.3) is 5.89 Å². The van der Waals surface area contributed by atoms with Gasteiger partial charge >= 0.3 is 6.43 Å². The molecule has 1 aliphatic heterocycles. The van der Waals surface area contributed by atoms with Crippen LogP contribution in [0.5, 0.6) is 0 Å². The Morgan fingerprint density at radius 1 is 1.12 bits per heavy atom. The van der Waals surface area contributed by atoms with Gasteiger partial charge in [-0.3, -0.25) is 0 Å². The maximum absolute atomic E-state index is 13.4. The Morgan fingerprint density at radius 3 is 2.56 bits per heavy atom. The number of halogens is 2. The molecule has 32 heavy (non-hydrogen) atoms. The van der Waals surface area contributed by atoms with Gasteiger partial charge in [-0.25, -0.2) is 21.6 Å². The van der Waals surface area contributed by atoms with Crippen LogP contribution >= 0.6 is 0 Å². The molecule has 5 rings (SSSR count). The van der Waals surface area contributed by atoms with E-state index in [0.29, 0.717) is 31.2 Å². The van der Waals surface area contributed by atoms with Crippen LogP contribution in [0.4, 0.5) is 8.78 Å². The molecule has 2 aromatic rings. The highest BCUT2D eigenvalue weighted by molar-refractivity contribution is 7.90. The van der Waals surface area contributed by atoms with Gasteiger partial charge in [0.2, 0.25) is 25.9 Å². The van der Waals surface area contributed by atoms with Gasteiger partial charge in [-0.15, -0.1) is 10.2 Å². The first-order chi connectivity index (χ1) is 15.2. The molecule has 9 nitrogen and oxygen atoms in total. The number of nitrogens with one attached hydrogen (secondary N) is 1. The summed E-state index contributed by atoms with van der Waals surface area (Å²) in [7, 11) is -7.38. The third-order valence-electron chi connectivity index (χ3n) is 6.23. The molecule has 2 aliphatic carbocycles. The average molecular weight is 489 g/mol. The third kappa shape index (κ3) is 3.84. The number of aromatic nitrogens is 2. The van der Waals surface area contributed by atoms with Crippen molar-refractivity contribution in [2.75, 3.05) is 0 Å². The molecule has 0 amide bonds. The Hall–Kier alpha value is -1.96. The summed E-state index contributed by atoms with van der Waals surface area (Å²) in [6.45, 7) is 0.121. The van der Waals surface area contributed by atoms with Gasteiger partial charge in [0.05, 0.1) is 10.1 Å². The summed E-state index contributed by atoms with van der Waals surface area (Å²) < 4.78 is 86.4. The van der Waals surface area contributed by atoms with Gasteiger partial charge in [0.1, 0.15) is 0 Å². The molecule has 2 saturated carbocycles. The molecule has 13 heteroatoms. The lowest BCUT2D eigenvalue weighted by Crippen LogP contribution is -2.53.